The molecule has 1 heterocycles. The Morgan fingerprint density at radius 2 is 1.88 bits per heavy atom. The third kappa shape index (κ3) is 5.66. The largest absolute Gasteiger partial charge is 0.349 e. The molecule has 4 rings (SSSR count). The predicted octanol–water partition coefficient (Wildman–Crippen LogP) is 3.85. The van der Waals surface area contributed by atoms with Gasteiger partial charge in [-0.15, -0.1) is 10.2 Å². The summed E-state index contributed by atoms with van der Waals surface area (Å²) in [4.78, 5) is 39.2. The van der Waals surface area contributed by atoms with Gasteiger partial charge < -0.3 is 10.6 Å². The molecule has 3 amide bonds. The van der Waals surface area contributed by atoms with Crippen molar-refractivity contribution >= 4 is 51.6 Å². The van der Waals surface area contributed by atoms with Crippen LogP contribution in [0.15, 0.2) is 28.6 Å². The number of hydrogen-bond donors (Lipinski definition) is 2. The molecule has 8 nitrogen and oxygen atoms in total. The van der Waals surface area contributed by atoms with E-state index in [0.29, 0.717) is 27.1 Å². The van der Waals surface area contributed by atoms with E-state index in [1.165, 1.54) is 23.1 Å². The lowest BCUT2D eigenvalue weighted by atomic mass is 10.1. The summed E-state index contributed by atoms with van der Waals surface area (Å²) >= 11 is 2.60. The standard InChI is InChI=1S/C22H27N5O3S2/c1-2-19(29)27(15-11-12-15)21-25-26-22(32-21)31-13-18(28)24-17-10-6-5-9-16(17)20(30)23-14-7-3-4-8-14/h5-6,9-10,14-15H,2-4,7-8,11-13H2,1H3,(H,23,30)(H,24,28). The number of anilines is 2. The summed E-state index contributed by atoms with van der Waals surface area (Å²) in [6.07, 6.45) is 6.69. The van der Waals surface area contributed by atoms with Gasteiger partial charge in [0.1, 0.15) is 0 Å². The van der Waals surface area contributed by atoms with E-state index in [1.54, 1.807) is 29.2 Å². The van der Waals surface area contributed by atoms with E-state index in [0.717, 1.165) is 38.5 Å². The topological polar surface area (TPSA) is 104 Å². The van der Waals surface area contributed by atoms with Crippen LogP contribution in [-0.2, 0) is 9.59 Å². The van der Waals surface area contributed by atoms with Crippen LogP contribution in [0.2, 0.25) is 0 Å². The van der Waals surface area contributed by atoms with Gasteiger partial charge in [0.15, 0.2) is 4.34 Å². The minimum absolute atomic E-state index is 0.0467. The first-order valence-corrected chi connectivity index (χ1v) is 12.8. The quantitative estimate of drug-likeness (QED) is 0.423. The van der Waals surface area contributed by atoms with Crippen LogP contribution < -0.4 is 15.5 Å². The smallest absolute Gasteiger partial charge is 0.253 e. The summed E-state index contributed by atoms with van der Waals surface area (Å²) in [5.41, 5.74) is 0.967. The Bertz CT molecular complexity index is 985. The van der Waals surface area contributed by atoms with Crippen molar-refractivity contribution in [2.24, 2.45) is 0 Å². The fourth-order valence-electron chi connectivity index (χ4n) is 3.76. The van der Waals surface area contributed by atoms with Crippen molar-refractivity contribution in [3.8, 4) is 0 Å². The number of aromatic nitrogens is 2. The number of para-hydroxylation sites is 1. The number of benzene rings is 1. The van der Waals surface area contributed by atoms with Gasteiger partial charge in [-0.3, -0.25) is 19.3 Å². The van der Waals surface area contributed by atoms with Crippen LogP contribution in [-0.4, -0.2) is 45.8 Å². The van der Waals surface area contributed by atoms with Crippen molar-refractivity contribution in [2.45, 2.75) is 68.3 Å². The van der Waals surface area contributed by atoms with Crippen LogP contribution >= 0.6 is 23.1 Å². The van der Waals surface area contributed by atoms with Gasteiger partial charge in [-0.2, -0.15) is 0 Å². The Hall–Kier alpha value is -2.46. The second-order valence-corrected chi connectivity index (χ2v) is 10.2. The minimum Gasteiger partial charge on any atom is -0.349 e. The summed E-state index contributed by atoms with van der Waals surface area (Å²) in [6.45, 7) is 1.84. The molecule has 2 N–H and O–H groups in total. The molecule has 32 heavy (non-hydrogen) atoms. The molecule has 0 radical (unpaired) electrons. The SMILES string of the molecule is CCC(=O)N(c1nnc(SCC(=O)Nc2ccccc2C(=O)NC2CCCC2)s1)C1CC1. The first kappa shape index (κ1) is 22.7. The van der Waals surface area contributed by atoms with E-state index in [1.807, 2.05) is 6.92 Å². The van der Waals surface area contributed by atoms with E-state index < -0.39 is 0 Å². The number of amides is 3. The number of nitrogens with one attached hydrogen (secondary N) is 2. The molecule has 1 aromatic carbocycles. The van der Waals surface area contributed by atoms with Gasteiger partial charge in [0.25, 0.3) is 5.91 Å². The number of carbonyl (C=O) groups is 3. The van der Waals surface area contributed by atoms with E-state index >= 15 is 0 Å². The van der Waals surface area contributed by atoms with Gasteiger partial charge >= 0.3 is 0 Å². The van der Waals surface area contributed by atoms with E-state index in [2.05, 4.69) is 20.8 Å². The molecule has 0 unspecified atom stereocenters. The molecule has 0 bridgehead atoms. The Morgan fingerprint density at radius 1 is 1.12 bits per heavy atom. The van der Waals surface area contributed by atoms with Gasteiger partial charge in [0, 0.05) is 18.5 Å². The highest BCUT2D eigenvalue weighted by Crippen LogP contribution is 2.36. The maximum absolute atomic E-state index is 12.7. The molecule has 2 aliphatic carbocycles. The maximum atomic E-state index is 12.7. The average Bonchev–Trinajstić information content (AvgIpc) is 3.28. The molecular formula is C22H27N5O3S2. The zero-order chi connectivity index (χ0) is 22.5. The predicted molar refractivity (Wildman–Crippen MR) is 126 cm³/mol. The van der Waals surface area contributed by atoms with E-state index in [-0.39, 0.29) is 35.6 Å². The van der Waals surface area contributed by atoms with Crippen molar-refractivity contribution in [1.29, 1.82) is 0 Å². The maximum Gasteiger partial charge on any atom is 0.253 e. The van der Waals surface area contributed by atoms with Gasteiger partial charge in [0.2, 0.25) is 16.9 Å². The van der Waals surface area contributed by atoms with E-state index in [9.17, 15) is 14.4 Å². The molecule has 2 fully saturated rings. The number of carbonyl (C=O) groups excluding carboxylic acids is 3. The Balaban J connectivity index is 1.33. The van der Waals surface area contributed by atoms with Crippen molar-refractivity contribution in [1.82, 2.24) is 15.5 Å². The molecule has 0 saturated heterocycles. The van der Waals surface area contributed by atoms with Crippen LogP contribution in [0.4, 0.5) is 10.8 Å². The van der Waals surface area contributed by atoms with Gasteiger partial charge in [-0.1, -0.05) is 55.0 Å². The molecular weight excluding hydrogens is 446 g/mol. The highest BCUT2D eigenvalue weighted by atomic mass is 32.2. The van der Waals surface area contributed by atoms with Crippen molar-refractivity contribution in [2.75, 3.05) is 16.0 Å². The summed E-state index contributed by atoms with van der Waals surface area (Å²) < 4.78 is 0.636. The zero-order valence-electron chi connectivity index (χ0n) is 18.0. The van der Waals surface area contributed by atoms with Gasteiger partial charge in [-0.25, -0.2) is 0 Å². The number of thioether (sulfide) groups is 1. The Morgan fingerprint density at radius 3 is 2.59 bits per heavy atom. The summed E-state index contributed by atoms with van der Waals surface area (Å²) in [5, 5.41) is 14.8. The molecule has 2 saturated carbocycles. The summed E-state index contributed by atoms with van der Waals surface area (Å²) in [7, 11) is 0. The monoisotopic (exact) mass is 473 g/mol. The van der Waals surface area contributed by atoms with E-state index in [4.69, 9.17) is 0 Å². The second kappa shape index (κ2) is 10.4. The fourth-order valence-corrected chi connectivity index (χ4v) is 5.49. The summed E-state index contributed by atoms with van der Waals surface area (Å²) in [6, 6.07) is 7.48. The van der Waals surface area contributed by atoms with Crippen molar-refractivity contribution < 1.29 is 14.4 Å². The molecule has 170 valence electrons. The molecule has 1 aromatic heterocycles. The normalized spacial score (nSPS) is 16.0. The average molecular weight is 474 g/mol. The van der Waals surface area contributed by atoms with Crippen molar-refractivity contribution in [3.63, 3.8) is 0 Å². The molecule has 0 spiro atoms. The third-order valence-electron chi connectivity index (χ3n) is 5.55. The molecule has 10 heteroatoms. The lowest BCUT2D eigenvalue weighted by Crippen LogP contribution is -2.33. The number of rotatable bonds is 9. The molecule has 0 aliphatic heterocycles. The highest BCUT2D eigenvalue weighted by Gasteiger charge is 2.35. The number of hydrogen-bond acceptors (Lipinski definition) is 7. The molecule has 2 aliphatic rings. The minimum atomic E-state index is -0.225. The third-order valence-corrected chi connectivity index (χ3v) is 7.60. The summed E-state index contributed by atoms with van der Waals surface area (Å²) in [5.74, 6) is -0.199. The highest BCUT2D eigenvalue weighted by molar-refractivity contribution is 8.01. The lowest BCUT2D eigenvalue weighted by Gasteiger charge is -2.17. The zero-order valence-corrected chi connectivity index (χ0v) is 19.6. The van der Waals surface area contributed by atoms with Gasteiger partial charge in [0.05, 0.1) is 17.0 Å². The first-order chi connectivity index (χ1) is 15.5. The second-order valence-electron chi connectivity index (χ2n) is 8.04. The van der Waals surface area contributed by atoms with Crippen LogP contribution in [0.5, 0.6) is 0 Å². The molecule has 0 atom stereocenters. The first-order valence-electron chi connectivity index (χ1n) is 11.0. The van der Waals surface area contributed by atoms with Crippen LogP contribution in [0, 0.1) is 0 Å². The van der Waals surface area contributed by atoms with Gasteiger partial charge in [-0.05, 0) is 37.8 Å². The number of nitrogens with zero attached hydrogens (tertiary/aromatic N) is 3. The fraction of sp³-hybridized carbons (Fsp3) is 0.500. The van der Waals surface area contributed by atoms with Crippen LogP contribution in [0.3, 0.4) is 0 Å². The lowest BCUT2D eigenvalue weighted by molar-refractivity contribution is -0.118. The van der Waals surface area contributed by atoms with Crippen LogP contribution in [0.1, 0.15) is 62.2 Å². The Kier molecular flexibility index (Phi) is 7.41. The van der Waals surface area contributed by atoms with Crippen molar-refractivity contribution in [3.05, 3.63) is 29.8 Å². The Labute approximate surface area is 195 Å². The molecule has 2 aromatic rings. The van der Waals surface area contributed by atoms with Crippen LogP contribution in [0.25, 0.3) is 0 Å².